The summed E-state index contributed by atoms with van der Waals surface area (Å²) in [6, 6.07) is 4.69. The number of alkyl halides is 2. The Balaban J connectivity index is 1.51. The van der Waals surface area contributed by atoms with E-state index in [4.69, 9.17) is 5.73 Å². The molecule has 10 heteroatoms. The highest BCUT2D eigenvalue weighted by Gasteiger charge is 2.47. The number of anilines is 1. The van der Waals surface area contributed by atoms with Crippen molar-refractivity contribution in [2.75, 3.05) is 18.8 Å². The number of nitrogens with two attached hydrogens (primary N) is 1. The summed E-state index contributed by atoms with van der Waals surface area (Å²) in [5.41, 5.74) is 3.89. The summed E-state index contributed by atoms with van der Waals surface area (Å²) in [4.78, 5) is 39.1. The number of aromatic nitrogens is 1. The molecule has 7 nitrogen and oxygen atoms in total. The molecule has 1 saturated carbocycles. The van der Waals surface area contributed by atoms with Crippen molar-refractivity contribution in [3.8, 4) is 0 Å². The molecule has 2 aliphatic rings. The summed E-state index contributed by atoms with van der Waals surface area (Å²) in [6.45, 7) is 2.18. The average molecular weight is 448 g/mol. The largest absolute Gasteiger partial charge is 0.398 e. The van der Waals surface area contributed by atoms with Crippen LogP contribution in [0.15, 0.2) is 35.3 Å². The van der Waals surface area contributed by atoms with Gasteiger partial charge in [-0.25, -0.2) is 13.2 Å². The van der Waals surface area contributed by atoms with Crippen LogP contribution in [0.4, 0.5) is 18.9 Å². The standard InChI is InChI=1S/C22H23F3N4O3/c1-22(10-28(11-22)21(32)12-5-6-12)29-9-15(16(26)7-17(29)30)20(31)27-8-13-3-2-4-14(18(13)23)19(24)25/h2-4,7,9,12,19H,5-6,8,10-11,26H2,1H3,(H,27,31). The predicted octanol–water partition coefficient (Wildman–Crippen LogP) is 2.40. The molecule has 1 aromatic carbocycles. The molecule has 2 amide bonds. The molecular weight excluding hydrogens is 425 g/mol. The summed E-state index contributed by atoms with van der Waals surface area (Å²) < 4.78 is 41.4. The number of benzene rings is 1. The van der Waals surface area contributed by atoms with E-state index in [9.17, 15) is 27.6 Å². The van der Waals surface area contributed by atoms with Gasteiger partial charge in [-0.05, 0) is 19.8 Å². The third-order valence-corrected chi connectivity index (χ3v) is 6.00. The van der Waals surface area contributed by atoms with Gasteiger partial charge in [0.15, 0.2) is 0 Å². The van der Waals surface area contributed by atoms with E-state index in [0.29, 0.717) is 13.1 Å². The predicted molar refractivity (Wildman–Crippen MR) is 111 cm³/mol. The average Bonchev–Trinajstić information content (AvgIpc) is 3.55. The van der Waals surface area contributed by atoms with Gasteiger partial charge in [-0.2, -0.15) is 0 Å². The maximum Gasteiger partial charge on any atom is 0.266 e. The van der Waals surface area contributed by atoms with Gasteiger partial charge < -0.3 is 20.5 Å². The summed E-state index contributed by atoms with van der Waals surface area (Å²) in [5, 5.41) is 2.46. The zero-order valence-corrected chi connectivity index (χ0v) is 17.4. The first-order valence-electron chi connectivity index (χ1n) is 10.3. The van der Waals surface area contributed by atoms with Crippen LogP contribution in [-0.4, -0.2) is 34.4 Å². The van der Waals surface area contributed by atoms with Gasteiger partial charge >= 0.3 is 0 Å². The Morgan fingerprint density at radius 3 is 2.59 bits per heavy atom. The molecule has 3 N–H and O–H groups in total. The summed E-state index contributed by atoms with van der Waals surface area (Å²) in [6.07, 6.45) is 0.134. The highest BCUT2D eigenvalue weighted by Crippen LogP contribution is 2.36. The third-order valence-electron chi connectivity index (χ3n) is 6.00. The molecule has 4 rings (SSSR count). The van der Waals surface area contributed by atoms with Crippen LogP contribution in [0, 0.1) is 11.7 Å². The maximum absolute atomic E-state index is 14.2. The van der Waals surface area contributed by atoms with Crippen molar-refractivity contribution in [3.63, 3.8) is 0 Å². The normalized spacial score (nSPS) is 17.2. The Bertz CT molecular complexity index is 1140. The monoisotopic (exact) mass is 448 g/mol. The Kier molecular flexibility index (Phi) is 5.47. The maximum atomic E-state index is 14.2. The fourth-order valence-electron chi connectivity index (χ4n) is 4.01. The molecule has 2 aromatic rings. The minimum Gasteiger partial charge on any atom is -0.398 e. The fraction of sp³-hybridized carbons (Fsp3) is 0.409. The number of halogens is 3. The minimum atomic E-state index is -2.97. The summed E-state index contributed by atoms with van der Waals surface area (Å²) >= 11 is 0. The van der Waals surface area contributed by atoms with E-state index >= 15 is 0 Å². The van der Waals surface area contributed by atoms with Crippen LogP contribution in [0.1, 0.15) is 47.7 Å². The van der Waals surface area contributed by atoms with Gasteiger partial charge in [0.1, 0.15) is 5.82 Å². The van der Waals surface area contributed by atoms with Gasteiger partial charge in [-0.3, -0.25) is 14.4 Å². The molecule has 1 aromatic heterocycles. The molecule has 32 heavy (non-hydrogen) atoms. The molecule has 1 saturated heterocycles. The molecule has 0 atom stereocenters. The number of hydrogen-bond acceptors (Lipinski definition) is 4. The van der Waals surface area contributed by atoms with E-state index < -0.39 is 34.8 Å². The molecule has 2 heterocycles. The van der Waals surface area contributed by atoms with E-state index in [-0.39, 0.29) is 35.2 Å². The number of nitrogens with one attached hydrogen (secondary N) is 1. The number of likely N-dealkylation sites (tertiary alicyclic amines) is 1. The number of hydrogen-bond donors (Lipinski definition) is 2. The van der Waals surface area contributed by atoms with Crippen LogP contribution >= 0.6 is 0 Å². The Morgan fingerprint density at radius 1 is 1.28 bits per heavy atom. The Labute approximate surface area is 182 Å². The SMILES string of the molecule is CC1(n2cc(C(=O)NCc3cccc(C(F)F)c3F)c(N)cc2=O)CN(C(=O)C2CC2)C1. The van der Waals surface area contributed by atoms with Crippen molar-refractivity contribution in [2.45, 2.75) is 38.3 Å². The van der Waals surface area contributed by atoms with E-state index in [1.54, 1.807) is 4.90 Å². The van der Waals surface area contributed by atoms with Crippen molar-refractivity contribution >= 4 is 17.5 Å². The highest BCUT2D eigenvalue weighted by atomic mass is 19.3. The van der Waals surface area contributed by atoms with Gasteiger partial charge in [0.25, 0.3) is 17.9 Å². The zero-order valence-electron chi connectivity index (χ0n) is 17.4. The van der Waals surface area contributed by atoms with Crippen LogP contribution in [0.2, 0.25) is 0 Å². The smallest absolute Gasteiger partial charge is 0.266 e. The number of nitrogens with zero attached hydrogens (tertiary/aromatic N) is 2. The van der Waals surface area contributed by atoms with Crippen LogP contribution in [0.5, 0.6) is 0 Å². The van der Waals surface area contributed by atoms with Crippen molar-refractivity contribution in [3.05, 3.63) is 63.3 Å². The lowest BCUT2D eigenvalue weighted by Crippen LogP contribution is -2.65. The van der Waals surface area contributed by atoms with Crippen molar-refractivity contribution in [1.29, 1.82) is 0 Å². The topological polar surface area (TPSA) is 97.4 Å². The summed E-state index contributed by atoms with van der Waals surface area (Å²) in [7, 11) is 0. The number of carbonyl (C=O) groups excluding carboxylic acids is 2. The first-order valence-corrected chi connectivity index (χ1v) is 10.3. The van der Waals surface area contributed by atoms with Crippen LogP contribution in [-0.2, 0) is 16.9 Å². The molecule has 0 spiro atoms. The zero-order chi connectivity index (χ0) is 23.2. The number of amides is 2. The summed E-state index contributed by atoms with van der Waals surface area (Å²) in [5.74, 6) is -1.60. The quantitative estimate of drug-likeness (QED) is 0.709. The van der Waals surface area contributed by atoms with Crippen LogP contribution in [0.25, 0.3) is 0 Å². The molecule has 1 aliphatic heterocycles. The molecule has 170 valence electrons. The van der Waals surface area contributed by atoms with E-state index in [1.807, 2.05) is 6.92 Å². The first kappa shape index (κ1) is 21.9. The van der Waals surface area contributed by atoms with Gasteiger partial charge in [0.2, 0.25) is 5.91 Å². The number of pyridine rings is 1. The molecule has 2 fully saturated rings. The number of nitrogen functional groups attached to an aromatic ring is 1. The van der Waals surface area contributed by atoms with Crippen molar-refractivity contribution in [2.24, 2.45) is 5.92 Å². The number of carbonyl (C=O) groups is 2. The van der Waals surface area contributed by atoms with Crippen molar-refractivity contribution < 1.29 is 22.8 Å². The molecule has 0 bridgehead atoms. The Hall–Kier alpha value is -3.30. The van der Waals surface area contributed by atoms with Gasteiger partial charge in [-0.15, -0.1) is 0 Å². The van der Waals surface area contributed by atoms with Crippen molar-refractivity contribution in [1.82, 2.24) is 14.8 Å². The molecule has 0 unspecified atom stereocenters. The fourth-order valence-corrected chi connectivity index (χ4v) is 4.01. The minimum absolute atomic E-state index is 0.00298. The lowest BCUT2D eigenvalue weighted by molar-refractivity contribution is -0.142. The highest BCUT2D eigenvalue weighted by molar-refractivity contribution is 5.98. The first-order chi connectivity index (χ1) is 15.1. The second kappa shape index (κ2) is 7.99. The number of rotatable bonds is 6. The van der Waals surface area contributed by atoms with Crippen LogP contribution in [0.3, 0.4) is 0 Å². The van der Waals surface area contributed by atoms with Gasteiger partial charge in [-0.1, -0.05) is 18.2 Å². The second-order valence-electron chi connectivity index (χ2n) is 8.62. The lowest BCUT2D eigenvalue weighted by atomic mass is 9.90. The van der Waals surface area contributed by atoms with E-state index in [0.717, 1.165) is 25.0 Å². The van der Waals surface area contributed by atoms with Crippen LogP contribution < -0.4 is 16.6 Å². The molecule has 1 aliphatic carbocycles. The third kappa shape index (κ3) is 3.96. The van der Waals surface area contributed by atoms with E-state index in [1.165, 1.54) is 22.9 Å². The Morgan fingerprint density at radius 2 is 1.97 bits per heavy atom. The van der Waals surface area contributed by atoms with E-state index in [2.05, 4.69) is 5.32 Å². The molecule has 0 radical (unpaired) electrons. The second-order valence-corrected chi connectivity index (χ2v) is 8.62. The van der Waals surface area contributed by atoms with Gasteiger partial charge in [0, 0.05) is 43.4 Å². The lowest BCUT2D eigenvalue weighted by Gasteiger charge is -2.49. The van der Waals surface area contributed by atoms with Gasteiger partial charge in [0.05, 0.1) is 22.4 Å². The molecular formula is C22H23F3N4O3.